The highest BCUT2D eigenvalue weighted by Crippen LogP contribution is 2.26. The fourth-order valence-corrected chi connectivity index (χ4v) is 6.77. The number of aliphatic hydroxyl groups excluding tert-OH is 3. The lowest BCUT2D eigenvalue weighted by Crippen LogP contribution is -2.69. The molecule has 284 valence electrons. The Hall–Kier alpha value is -1.26. The number of aliphatic hydroxyl groups is 3. The quantitative estimate of drug-likeness (QED) is 0.0483. The van der Waals surface area contributed by atoms with E-state index in [9.17, 15) is 24.9 Å². The van der Waals surface area contributed by atoms with Crippen LogP contribution in [0, 0.1) is 0 Å². The number of unbranched alkanes of at least 4 members (excludes halogenated alkanes) is 23. The van der Waals surface area contributed by atoms with Gasteiger partial charge in [0.15, 0.2) is 6.23 Å². The van der Waals surface area contributed by atoms with Crippen molar-refractivity contribution < 1.29 is 29.6 Å². The Bertz CT molecular complexity index is 785. The van der Waals surface area contributed by atoms with Gasteiger partial charge in [0.25, 0.3) is 0 Å². The molecule has 0 unspecified atom stereocenters. The molecule has 0 aromatic carbocycles. The molecule has 6 atom stereocenters. The molecular formula is C39H77N3O6. The van der Waals surface area contributed by atoms with Crippen LogP contribution in [0.2, 0.25) is 0 Å². The smallest absolute Gasteiger partial charge is 0.237 e. The van der Waals surface area contributed by atoms with Crippen molar-refractivity contribution in [2.45, 2.75) is 224 Å². The highest BCUT2D eigenvalue weighted by Gasteiger charge is 2.48. The minimum atomic E-state index is -1.42. The van der Waals surface area contributed by atoms with Crippen LogP contribution in [0.1, 0.15) is 188 Å². The number of hydrogen-bond acceptors (Lipinski definition) is 7. The van der Waals surface area contributed by atoms with E-state index in [-0.39, 0.29) is 5.91 Å². The van der Waals surface area contributed by atoms with Gasteiger partial charge in [-0.1, -0.05) is 162 Å². The van der Waals surface area contributed by atoms with Crippen molar-refractivity contribution in [3.05, 3.63) is 0 Å². The Morgan fingerprint density at radius 2 is 1.06 bits per heavy atom. The lowest BCUT2D eigenvalue weighted by atomic mass is 9.94. The zero-order chi connectivity index (χ0) is 35.4. The Labute approximate surface area is 294 Å². The second kappa shape index (κ2) is 29.5. The minimum absolute atomic E-state index is 0.0917. The van der Waals surface area contributed by atoms with E-state index < -0.39 is 49.1 Å². The Morgan fingerprint density at radius 3 is 1.46 bits per heavy atom. The van der Waals surface area contributed by atoms with Crippen LogP contribution in [0.15, 0.2) is 0 Å². The average Bonchev–Trinajstić information content (AvgIpc) is 3.07. The van der Waals surface area contributed by atoms with Crippen LogP contribution in [-0.4, -0.2) is 81.8 Å². The number of carbonyl (C=O) groups excluding carboxylic acids is 2. The molecule has 0 spiro atoms. The monoisotopic (exact) mass is 684 g/mol. The van der Waals surface area contributed by atoms with Gasteiger partial charge in [0.05, 0.1) is 12.6 Å². The number of carbonyl (C=O) groups is 2. The van der Waals surface area contributed by atoms with Gasteiger partial charge < -0.3 is 36.0 Å². The molecule has 0 aromatic rings. The number of nitrogens with zero attached hydrogens (tertiary/aromatic N) is 1. The van der Waals surface area contributed by atoms with Gasteiger partial charge in [-0.05, 0) is 19.8 Å². The maximum atomic E-state index is 13.7. The SMILES string of the molecule is CCCCCCCCCCCCCCCCCC(=O)N(CCCCCCCCCCCC)[C@@H]1O[C@H](CO)[C@@H](O)[C@H](O)[C@H]1NC(=O)[C@H](C)N. The summed E-state index contributed by atoms with van der Waals surface area (Å²) >= 11 is 0. The number of hydrogen-bond donors (Lipinski definition) is 5. The third kappa shape index (κ3) is 19.8. The third-order valence-electron chi connectivity index (χ3n) is 10.00. The van der Waals surface area contributed by atoms with E-state index in [0.717, 1.165) is 38.5 Å². The summed E-state index contributed by atoms with van der Waals surface area (Å²) in [6.45, 7) is 5.94. The lowest BCUT2D eigenvalue weighted by Gasteiger charge is -2.47. The summed E-state index contributed by atoms with van der Waals surface area (Å²) in [6.07, 6.45) is 25.9. The van der Waals surface area contributed by atoms with Gasteiger partial charge in [-0.25, -0.2) is 0 Å². The normalized spacial score (nSPS) is 21.7. The van der Waals surface area contributed by atoms with Crippen molar-refractivity contribution in [3.63, 3.8) is 0 Å². The van der Waals surface area contributed by atoms with Crippen LogP contribution in [-0.2, 0) is 14.3 Å². The van der Waals surface area contributed by atoms with E-state index in [1.165, 1.54) is 129 Å². The molecule has 1 saturated heterocycles. The summed E-state index contributed by atoms with van der Waals surface area (Å²) in [6, 6.07) is -1.90. The Morgan fingerprint density at radius 1 is 0.667 bits per heavy atom. The number of rotatable bonds is 31. The van der Waals surface area contributed by atoms with Crippen LogP contribution in [0.3, 0.4) is 0 Å². The van der Waals surface area contributed by atoms with Gasteiger partial charge in [0.2, 0.25) is 11.8 Å². The van der Waals surface area contributed by atoms with E-state index in [4.69, 9.17) is 10.5 Å². The Kier molecular flexibility index (Phi) is 27.5. The van der Waals surface area contributed by atoms with Gasteiger partial charge in [0.1, 0.15) is 24.4 Å². The molecule has 1 aliphatic rings. The van der Waals surface area contributed by atoms with Crippen molar-refractivity contribution in [2.75, 3.05) is 13.2 Å². The summed E-state index contributed by atoms with van der Waals surface area (Å²) in [5, 5.41) is 34.2. The topological polar surface area (TPSA) is 145 Å². The molecule has 0 saturated carbocycles. The van der Waals surface area contributed by atoms with Crippen LogP contribution in [0.25, 0.3) is 0 Å². The molecular weight excluding hydrogens is 606 g/mol. The summed E-state index contributed by atoms with van der Waals surface area (Å²) in [5.74, 6) is -0.595. The zero-order valence-corrected chi connectivity index (χ0v) is 31.4. The first kappa shape index (κ1) is 44.8. The fourth-order valence-electron chi connectivity index (χ4n) is 6.77. The highest BCUT2D eigenvalue weighted by atomic mass is 16.5. The fraction of sp³-hybridized carbons (Fsp3) is 0.949. The first-order valence-electron chi connectivity index (χ1n) is 20.3. The van der Waals surface area contributed by atoms with Crippen molar-refractivity contribution in [1.82, 2.24) is 10.2 Å². The second-order valence-corrected chi connectivity index (χ2v) is 14.5. The van der Waals surface area contributed by atoms with E-state index in [1.54, 1.807) is 4.90 Å². The first-order valence-corrected chi connectivity index (χ1v) is 20.3. The predicted octanol–water partition coefficient (Wildman–Crippen LogP) is 7.27. The van der Waals surface area contributed by atoms with E-state index in [0.29, 0.717) is 13.0 Å². The van der Waals surface area contributed by atoms with Crippen molar-refractivity contribution in [1.29, 1.82) is 0 Å². The largest absolute Gasteiger partial charge is 0.394 e. The first-order chi connectivity index (χ1) is 23.3. The molecule has 2 amide bonds. The summed E-state index contributed by atoms with van der Waals surface area (Å²) in [4.78, 5) is 27.9. The third-order valence-corrected chi connectivity index (χ3v) is 10.00. The molecule has 0 aliphatic carbocycles. The van der Waals surface area contributed by atoms with E-state index in [1.807, 2.05) is 0 Å². The molecule has 1 heterocycles. The molecule has 0 bridgehead atoms. The van der Waals surface area contributed by atoms with Crippen LogP contribution >= 0.6 is 0 Å². The summed E-state index contributed by atoms with van der Waals surface area (Å²) in [5.41, 5.74) is 5.79. The van der Waals surface area contributed by atoms with Gasteiger partial charge in [0, 0.05) is 13.0 Å². The summed E-state index contributed by atoms with van der Waals surface area (Å²) < 4.78 is 6.06. The van der Waals surface area contributed by atoms with Crippen molar-refractivity contribution >= 4 is 11.8 Å². The number of ether oxygens (including phenoxy) is 1. The standard InChI is InChI=1S/C39H77N3O6/c1-4-6-8-10-12-14-16-17-18-19-20-21-23-25-27-29-34(44)42(30-28-26-24-22-15-13-11-9-7-5-2)39-35(41-38(47)32(3)40)37(46)36(45)33(31-43)48-39/h32-33,35-37,39,43,45-46H,4-31,40H2,1-3H3,(H,41,47)/t32-,33+,35+,36+,37+,39+/m0/s1. The molecule has 0 radical (unpaired) electrons. The van der Waals surface area contributed by atoms with Crippen LogP contribution < -0.4 is 11.1 Å². The molecule has 9 nitrogen and oxygen atoms in total. The van der Waals surface area contributed by atoms with Crippen molar-refractivity contribution in [3.8, 4) is 0 Å². The molecule has 1 rings (SSSR count). The van der Waals surface area contributed by atoms with Gasteiger partial charge >= 0.3 is 0 Å². The predicted molar refractivity (Wildman–Crippen MR) is 196 cm³/mol. The van der Waals surface area contributed by atoms with Crippen LogP contribution in [0.5, 0.6) is 0 Å². The second-order valence-electron chi connectivity index (χ2n) is 14.5. The lowest BCUT2D eigenvalue weighted by molar-refractivity contribution is -0.231. The number of amides is 2. The molecule has 6 N–H and O–H groups in total. The molecule has 1 fully saturated rings. The summed E-state index contributed by atoms with van der Waals surface area (Å²) in [7, 11) is 0. The van der Waals surface area contributed by atoms with Crippen LogP contribution in [0.4, 0.5) is 0 Å². The van der Waals surface area contributed by atoms with Gasteiger partial charge in [-0.2, -0.15) is 0 Å². The molecule has 9 heteroatoms. The Balaban J connectivity index is 2.61. The van der Waals surface area contributed by atoms with Gasteiger partial charge in [-0.15, -0.1) is 0 Å². The van der Waals surface area contributed by atoms with Gasteiger partial charge in [-0.3, -0.25) is 9.59 Å². The molecule has 1 aliphatic heterocycles. The number of nitrogens with two attached hydrogens (primary N) is 1. The highest BCUT2D eigenvalue weighted by molar-refractivity contribution is 5.81. The van der Waals surface area contributed by atoms with E-state index in [2.05, 4.69) is 19.2 Å². The molecule has 48 heavy (non-hydrogen) atoms. The maximum Gasteiger partial charge on any atom is 0.237 e. The molecule has 0 aromatic heterocycles. The number of nitrogens with one attached hydrogen (secondary N) is 1. The minimum Gasteiger partial charge on any atom is -0.394 e. The van der Waals surface area contributed by atoms with Crippen molar-refractivity contribution in [2.24, 2.45) is 5.73 Å². The van der Waals surface area contributed by atoms with E-state index >= 15 is 0 Å². The zero-order valence-electron chi connectivity index (χ0n) is 31.4. The average molecular weight is 684 g/mol. The maximum absolute atomic E-state index is 13.7.